The van der Waals surface area contributed by atoms with E-state index in [0.717, 1.165) is 5.56 Å². The van der Waals surface area contributed by atoms with Crippen molar-refractivity contribution in [2.75, 3.05) is 18.5 Å². The molecule has 1 aromatic heterocycles. The first-order valence-electron chi connectivity index (χ1n) is 12.2. The summed E-state index contributed by atoms with van der Waals surface area (Å²) in [5, 5.41) is 3.02. The van der Waals surface area contributed by atoms with Gasteiger partial charge in [-0.25, -0.2) is 4.79 Å². The van der Waals surface area contributed by atoms with E-state index in [-0.39, 0.29) is 29.8 Å². The second-order valence-electron chi connectivity index (χ2n) is 9.60. The van der Waals surface area contributed by atoms with Crippen LogP contribution in [0.4, 0.5) is 5.69 Å². The number of rotatable bonds is 8. The summed E-state index contributed by atoms with van der Waals surface area (Å²) in [7, 11) is 0. The summed E-state index contributed by atoms with van der Waals surface area (Å²) >= 11 is 0. The van der Waals surface area contributed by atoms with Gasteiger partial charge in [0.15, 0.2) is 6.61 Å². The van der Waals surface area contributed by atoms with Crippen LogP contribution >= 0.6 is 0 Å². The quantitative estimate of drug-likeness (QED) is 0.284. The van der Waals surface area contributed by atoms with Crippen molar-refractivity contribution in [3.05, 3.63) is 94.3 Å². The lowest BCUT2D eigenvalue weighted by Gasteiger charge is -2.19. The third kappa shape index (κ3) is 6.39. The average molecular weight is 516 g/mol. The number of ether oxygens (including phenoxy) is 3. The summed E-state index contributed by atoms with van der Waals surface area (Å²) in [6, 6.07) is 18.6. The molecule has 1 amide bonds. The standard InChI is InChI=1S/C30H29NO7/c1-5-35-29(34)19-6-10-21(11-7-19)31-27(32)18-36-23-14-15-24-25(16-23)37-17-26(28(24)33)38-22-12-8-20(9-13-22)30(2,3)4/h6-17H,5,18H2,1-4H3,(H,31,32). The summed E-state index contributed by atoms with van der Waals surface area (Å²) in [5.74, 6) is 0.149. The Hall–Kier alpha value is -4.59. The van der Waals surface area contributed by atoms with E-state index in [1.54, 1.807) is 49.4 Å². The van der Waals surface area contributed by atoms with Crippen molar-refractivity contribution in [3.63, 3.8) is 0 Å². The maximum atomic E-state index is 12.9. The molecule has 0 aliphatic heterocycles. The van der Waals surface area contributed by atoms with Crippen molar-refractivity contribution in [1.29, 1.82) is 0 Å². The van der Waals surface area contributed by atoms with Crippen LogP contribution in [0.3, 0.4) is 0 Å². The van der Waals surface area contributed by atoms with E-state index in [1.807, 2.05) is 24.3 Å². The highest BCUT2D eigenvalue weighted by Gasteiger charge is 2.15. The summed E-state index contributed by atoms with van der Waals surface area (Å²) in [4.78, 5) is 37.0. The molecule has 0 saturated carbocycles. The Kier molecular flexibility index (Phi) is 7.81. The van der Waals surface area contributed by atoms with Gasteiger partial charge in [0.1, 0.15) is 23.3 Å². The molecule has 196 valence electrons. The molecule has 0 saturated heterocycles. The molecule has 3 aromatic carbocycles. The average Bonchev–Trinajstić information content (AvgIpc) is 2.89. The van der Waals surface area contributed by atoms with Gasteiger partial charge in [0.2, 0.25) is 11.2 Å². The molecule has 4 rings (SSSR count). The Balaban J connectivity index is 1.38. The normalized spacial score (nSPS) is 11.2. The van der Waals surface area contributed by atoms with E-state index in [0.29, 0.717) is 33.7 Å². The lowest BCUT2D eigenvalue weighted by Crippen LogP contribution is -2.20. The maximum Gasteiger partial charge on any atom is 0.338 e. The molecule has 0 bridgehead atoms. The summed E-state index contributed by atoms with van der Waals surface area (Å²) in [5.41, 5.74) is 2.06. The Morgan fingerprint density at radius 1 is 0.921 bits per heavy atom. The first-order valence-corrected chi connectivity index (χ1v) is 12.2. The molecule has 0 atom stereocenters. The van der Waals surface area contributed by atoms with E-state index >= 15 is 0 Å². The molecule has 8 heteroatoms. The van der Waals surface area contributed by atoms with Crippen molar-refractivity contribution < 1.29 is 28.2 Å². The number of esters is 1. The Morgan fingerprint density at radius 2 is 1.61 bits per heavy atom. The van der Waals surface area contributed by atoms with Gasteiger partial charge < -0.3 is 23.9 Å². The molecule has 0 spiro atoms. The van der Waals surface area contributed by atoms with Crippen LogP contribution in [0, 0.1) is 0 Å². The maximum absolute atomic E-state index is 12.9. The number of nitrogens with one attached hydrogen (secondary N) is 1. The van der Waals surface area contributed by atoms with Gasteiger partial charge in [0.25, 0.3) is 5.91 Å². The molecule has 0 unspecified atom stereocenters. The minimum atomic E-state index is -0.426. The Bertz CT molecular complexity index is 1500. The predicted octanol–water partition coefficient (Wildman–Crippen LogP) is 6.08. The van der Waals surface area contributed by atoms with Crippen LogP contribution in [0.2, 0.25) is 0 Å². The molecule has 0 aliphatic carbocycles. The second-order valence-corrected chi connectivity index (χ2v) is 9.60. The van der Waals surface area contributed by atoms with Crippen molar-refractivity contribution in [3.8, 4) is 17.2 Å². The first kappa shape index (κ1) is 26.5. The van der Waals surface area contributed by atoms with Gasteiger partial charge in [-0.05, 0) is 66.4 Å². The molecule has 8 nitrogen and oxygen atoms in total. The van der Waals surface area contributed by atoms with Crippen molar-refractivity contribution >= 4 is 28.5 Å². The van der Waals surface area contributed by atoms with E-state index in [1.165, 1.54) is 6.26 Å². The molecule has 4 aromatic rings. The highest BCUT2D eigenvalue weighted by molar-refractivity contribution is 5.93. The van der Waals surface area contributed by atoms with Crippen LogP contribution in [0.5, 0.6) is 17.2 Å². The number of anilines is 1. The third-order valence-corrected chi connectivity index (χ3v) is 5.71. The fraction of sp³-hybridized carbons (Fsp3) is 0.233. The summed E-state index contributed by atoms with van der Waals surface area (Å²) < 4.78 is 21.9. The van der Waals surface area contributed by atoms with Gasteiger partial charge >= 0.3 is 5.97 Å². The smallest absolute Gasteiger partial charge is 0.338 e. The van der Waals surface area contributed by atoms with Gasteiger partial charge in [0, 0.05) is 11.8 Å². The number of fused-ring (bicyclic) bond motifs is 1. The molecule has 0 fully saturated rings. The lowest BCUT2D eigenvalue weighted by molar-refractivity contribution is -0.118. The minimum Gasteiger partial charge on any atom is -0.484 e. The molecular weight excluding hydrogens is 486 g/mol. The lowest BCUT2D eigenvalue weighted by atomic mass is 9.87. The van der Waals surface area contributed by atoms with E-state index < -0.39 is 11.9 Å². The van der Waals surface area contributed by atoms with Gasteiger partial charge in [0.05, 0.1) is 17.6 Å². The number of amides is 1. The monoisotopic (exact) mass is 515 g/mol. The SMILES string of the molecule is CCOC(=O)c1ccc(NC(=O)COc2ccc3c(=O)c(Oc4ccc(C(C)(C)C)cc4)coc3c2)cc1. The zero-order valence-corrected chi connectivity index (χ0v) is 21.7. The molecule has 1 N–H and O–H groups in total. The topological polar surface area (TPSA) is 104 Å². The fourth-order valence-corrected chi connectivity index (χ4v) is 3.65. The molecule has 38 heavy (non-hydrogen) atoms. The molecular formula is C30H29NO7. The number of hydrogen-bond acceptors (Lipinski definition) is 7. The van der Waals surface area contributed by atoms with Crippen molar-refractivity contribution in [1.82, 2.24) is 0 Å². The van der Waals surface area contributed by atoms with Gasteiger partial charge in [-0.1, -0.05) is 32.9 Å². The first-order chi connectivity index (χ1) is 18.1. The highest BCUT2D eigenvalue weighted by atomic mass is 16.5. The fourth-order valence-electron chi connectivity index (χ4n) is 3.65. The van der Waals surface area contributed by atoms with E-state index in [4.69, 9.17) is 18.6 Å². The summed E-state index contributed by atoms with van der Waals surface area (Å²) in [6.45, 7) is 8.12. The minimum absolute atomic E-state index is 0.0118. The number of hydrogen-bond donors (Lipinski definition) is 1. The van der Waals surface area contributed by atoms with Gasteiger partial charge in [-0.3, -0.25) is 9.59 Å². The largest absolute Gasteiger partial charge is 0.484 e. The second kappa shape index (κ2) is 11.2. The van der Waals surface area contributed by atoms with Crippen LogP contribution in [0.25, 0.3) is 11.0 Å². The summed E-state index contributed by atoms with van der Waals surface area (Å²) in [6.07, 6.45) is 1.26. The molecule has 0 aliphatic rings. The number of benzene rings is 3. The molecule has 0 radical (unpaired) electrons. The van der Waals surface area contributed by atoms with E-state index in [9.17, 15) is 14.4 Å². The van der Waals surface area contributed by atoms with Crippen LogP contribution in [0.15, 0.2) is 82.2 Å². The van der Waals surface area contributed by atoms with Crippen LogP contribution in [-0.4, -0.2) is 25.1 Å². The highest BCUT2D eigenvalue weighted by Crippen LogP contribution is 2.27. The zero-order valence-electron chi connectivity index (χ0n) is 21.7. The van der Waals surface area contributed by atoms with Gasteiger partial charge in [-0.15, -0.1) is 0 Å². The number of carbonyl (C=O) groups excluding carboxylic acids is 2. The number of carbonyl (C=O) groups is 2. The van der Waals surface area contributed by atoms with E-state index in [2.05, 4.69) is 26.1 Å². The van der Waals surface area contributed by atoms with Crippen LogP contribution < -0.4 is 20.2 Å². The Labute approximate surface area is 220 Å². The van der Waals surface area contributed by atoms with Crippen LogP contribution in [-0.2, 0) is 14.9 Å². The zero-order chi connectivity index (χ0) is 27.3. The third-order valence-electron chi connectivity index (χ3n) is 5.71. The van der Waals surface area contributed by atoms with Crippen molar-refractivity contribution in [2.45, 2.75) is 33.1 Å². The molecule has 1 heterocycles. The van der Waals surface area contributed by atoms with Crippen molar-refractivity contribution in [2.24, 2.45) is 0 Å². The van der Waals surface area contributed by atoms with Crippen LogP contribution in [0.1, 0.15) is 43.6 Å². The Morgan fingerprint density at radius 3 is 2.26 bits per heavy atom. The predicted molar refractivity (Wildman–Crippen MR) is 144 cm³/mol. The van der Waals surface area contributed by atoms with Gasteiger partial charge in [-0.2, -0.15) is 0 Å².